The maximum Gasteiger partial charge on any atom is 0.317 e. The van der Waals surface area contributed by atoms with Gasteiger partial charge in [0.05, 0.1) is 6.10 Å². The van der Waals surface area contributed by atoms with Crippen LogP contribution in [0, 0.1) is 5.41 Å². The molecule has 0 saturated heterocycles. The van der Waals surface area contributed by atoms with E-state index in [-0.39, 0.29) is 17.5 Å². The average Bonchev–Trinajstić information content (AvgIpc) is 3.13. The monoisotopic (exact) mass is 335 g/mol. The molecule has 0 radical (unpaired) electrons. The molecule has 0 aliphatic heterocycles. The molecule has 1 N–H and O–H groups in total. The summed E-state index contributed by atoms with van der Waals surface area (Å²) in [4.78, 5) is 14.3. The largest absolute Gasteiger partial charge is 0.378 e. The van der Waals surface area contributed by atoms with Gasteiger partial charge < -0.3 is 19.5 Å². The number of aromatic nitrogens is 3. The van der Waals surface area contributed by atoms with Crippen LogP contribution in [0.3, 0.4) is 0 Å². The Morgan fingerprint density at radius 3 is 2.71 bits per heavy atom. The van der Waals surface area contributed by atoms with Gasteiger partial charge in [-0.25, -0.2) is 4.79 Å². The minimum Gasteiger partial charge on any atom is -0.378 e. The van der Waals surface area contributed by atoms with Gasteiger partial charge in [-0.05, 0) is 26.2 Å². The standard InChI is InChI=1S/C17H29N5O2/c1-3-24-15-11-14(17(15)7-5-4-6-8-17)20-16(23)21(2)9-10-22-12-18-19-13-22/h12-15H,3-11H2,1-2H3,(H,20,23)/t14-,15+/m1/s1. The molecule has 1 spiro atoms. The zero-order valence-electron chi connectivity index (χ0n) is 14.8. The molecule has 1 aromatic rings. The zero-order chi connectivity index (χ0) is 17.0. The number of likely N-dealkylation sites (N-methyl/N-ethyl adjacent to an activating group) is 1. The van der Waals surface area contributed by atoms with Gasteiger partial charge in [0.2, 0.25) is 0 Å². The zero-order valence-corrected chi connectivity index (χ0v) is 14.8. The molecule has 2 atom stereocenters. The van der Waals surface area contributed by atoms with E-state index in [0.29, 0.717) is 19.2 Å². The predicted octanol–water partition coefficient (Wildman–Crippen LogP) is 2.05. The number of carbonyl (C=O) groups is 1. The van der Waals surface area contributed by atoms with E-state index in [1.54, 1.807) is 17.6 Å². The van der Waals surface area contributed by atoms with Crippen LogP contribution in [0.4, 0.5) is 4.79 Å². The fourth-order valence-electron chi connectivity index (χ4n) is 4.23. The lowest BCUT2D eigenvalue weighted by molar-refractivity contribution is -0.147. The average molecular weight is 335 g/mol. The Labute approximate surface area is 143 Å². The number of urea groups is 1. The Bertz CT molecular complexity index is 527. The van der Waals surface area contributed by atoms with Crippen LogP contribution >= 0.6 is 0 Å². The quantitative estimate of drug-likeness (QED) is 0.863. The second-order valence-electron chi connectivity index (χ2n) is 7.10. The van der Waals surface area contributed by atoms with Crippen molar-refractivity contribution < 1.29 is 9.53 Å². The summed E-state index contributed by atoms with van der Waals surface area (Å²) in [6.45, 7) is 4.15. The molecule has 1 aromatic heterocycles. The SMILES string of the molecule is CCO[C@H]1C[C@@H](NC(=O)N(C)CCn2cnnc2)C12CCCCC2. The first-order valence-electron chi connectivity index (χ1n) is 9.11. The molecular formula is C17H29N5O2. The first kappa shape index (κ1) is 17.2. The normalized spacial score (nSPS) is 25.2. The number of carbonyl (C=O) groups excluding carboxylic acids is 1. The van der Waals surface area contributed by atoms with Gasteiger partial charge in [-0.2, -0.15) is 0 Å². The van der Waals surface area contributed by atoms with Gasteiger partial charge in [0.15, 0.2) is 0 Å². The molecule has 2 aliphatic rings. The molecule has 1 heterocycles. The summed E-state index contributed by atoms with van der Waals surface area (Å²) in [5.74, 6) is 0. The van der Waals surface area contributed by atoms with Crippen LogP contribution in [0.2, 0.25) is 0 Å². The molecule has 24 heavy (non-hydrogen) atoms. The Morgan fingerprint density at radius 1 is 1.33 bits per heavy atom. The van der Waals surface area contributed by atoms with E-state index in [2.05, 4.69) is 22.4 Å². The van der Waals surface area contributed by atoms with Crippen LogP contribution in [0.1, 0.15) is 45.4 Å². The van der Waals surface area contributed by atoms with Crippen LogP contribution in [0.25, 0.3) is 0 Å². The summed E-state index contributed by atoms with van der Waals surface area (Å²) in [5, 5.41) is 10.8. The highest BCUT2D eigenvalue weighted by atomic mass is 16.5. The maximum absolute atomic E-state index is 12.5. The second-order valence-corrected chi connectivity index (χ2v) is 7.10. The number of hydrogen-bond donors (Lipinski definition) is 1. The van der Waals surface area contributed by atoms with Gasteiger partial charge in [0.25, 0.3) is 0 Å². The van der Waals surface area contributed by atoms with Crippen molar-refractivity contribution in [1.82, 2.24) is 25.0 Å². The van der Waals surface area contributed by atoms with Crippen molar-refractivity contribution in [2.75, 3.05) is 20.2 Å². The number of nitrogens with zero attached hydrogens (tertiary/aromatic N) is 4. The third-order valence-electron chi connectivity index (χ3n) is 5.74. The van der Waals surface area contributed by atoms with Crippen molar-refractivity contribution >= 4 is 6.03 Å². The number of hydrogen-bond acceptors (Lipinski definition) is 4. The van der Waals surface area contributed by atoms with Crippen LogP contribution in [0.5, 0.6) is 0 Å². The van der Waals surface area contributed by atoms with Crippen molar-refractivity contribution in [2.45, 2.75) is 64.1 Å². The van der Waals surface area contributed by atoms with E-state index in [4.69, 9.17) is 4.74 Å². The highest BCUT2D eigenvalue weighted by Gasteiger charge is 2.56. The summed E-state index contributed by atoms with van der Waals surface area (Å²) in [6.07, 6.45) is 10.7. The summed E-state index contributed by atoms with van der Waals surface area (Å²) in [6, 6.07) is 0.257. The molecule has 7 heteroatoms. The number of rotatable bonds is 6. The number of amides is 2. The highest BCUT2D eigenvalue weighted by Crippen LogP contribution is 2.53. The fourth-order valence-corrected chi connectivity index (χ4v) is 4.23. The van der Waals surface area contributed by atoms with Crippen LogP contribution in [0.15, 0.2) is 12.7 Å². The fraction of sp³-hybridized carbons (Fsp3) is 0.824. The molecule has 0 bridgehead atoms. The lowest BCUT2D eigenvalue weighted by Gasteiger charge is -2.57. The van der Waals surface area contributed by atoms with Gasteiger partial charge in [-0.3, -0.25) is 0 Å². The summed E-state index contributed by atoms with van der Waals surface area (Å²) in [7, 11) is 1.84. The Morgan fingerprint density at radius 2 is 2.04 bits per heavy atom. The topological polar surface area (TPSA) is 72.3 Å². The predicted molar refractivity (Wildman–Crippen MR) is 90.5 cm³/mol. The summed E-state index contributed by atoms with van der Waals surface area (Å²) in [5.41, 5.74) is 0.166. The van der Waals surface area contributed by atoms with E-state index < -0.39 is 0 Å². The van der Waals surface area contributed by atoms with Crippen LogP contribution in [-0.4, -0.2) is 58.0 Å². The number of nitrogens with one attached hydrogen (secondary N) is 1. The molecule has 3 rings (SSSR count). The van der Waals surface area contributed by atoms with Gasteiger partial charge in [0.1, 0.15) is 12.7 Å². The van der Waals surface area contributed by atoms with E-state index in [9.17, 15) is 4.79 Å². The van der Waals surface area contributed by atoms with Crippen LogP contribution in [-0.2, 0) is 11.3 Å². The number of ether oxygens (including phenoxy) is 1. The second kappa shape index (κ2) is 7.51. The molecule has 2 aliphatic carbocycles. The minimum atomic E-state index is 0.00738. The molecule has 0 unspecified atom stereocenters. The van der Waals surface area contributed by atoms with Crippen molar-refractivity contribution in [2.24, 2.45) is 5.41 Å². The van der Waals surface area contributed by atoms with E-state index >= 15 is 0 Å². The highest BCUT2D eigenvalue weighted by molar-refractivity contribution is 5.74. The van der Waals surface area contributed by atoms with Gasteiger partial charge >= 0.3 is 6.03 Å². The van der Waals surface area contributed by atoms with Gasteiger partial charge in [-0.15, -0.1) is 10.2 Å². The molecule has 2 amide bonds. The first-order chi connectivity index (χ1) is 11.7. The lowest BCUT2D eigenvalue weighted by atomic mass is 9.55. The maximum atomic E-state index is 12.5. The van der Waals surface area contributed by atoms with Crippen molar-refractivity contribution in [3.05, 3.63) is 12.7 Å². The van der Waals surface area contributed by atoms with Gasteiger partial charge in [-0.1, -0.05) is 19.3 Å². The molecular weight excluding hydrogens is 306 g/mol. The van der Waals surface area contributed by atoms with Crippen molar-refractivity contribution in [3.63, 3.8) is 0 Å². The first-order valence-corrected chi connectivity index (χ1v) is 9.11. The third kappa shape index (κ3) is 3.41. The van der Waals surface area contributed by atoms with Crippen molar-refractivity contribution in [1.29, 1.82) is 0 Å². The van der Waals surface area contributed by atoms with Crippen molar-refractivity contribution in [3.8, 4) is 0 Å². The van der Waals surface area contributed by atoms with Gasteiger partial charge in [0, 0.05) is 38.2 Å². The van der Waals surface area contributed by atoms with E-state index in [1.165, 1.54) is 32.1 Å². The Balaban J connectivity index is 1.53. The summed E-state index contributed by atoms with van der Waals surface area (Å²) >= 11 is 0. The lowest BCUT2D eigenvalue weighted by Crippen LogP contribution is -2.66. The van der Waals surface area contributed by atoms with E-state index in [1.807, 2.05) is 11.6 Å². The van der Waals surface area contributed by atoms with Crippen LogP contribution < -0.4 is 5.32 Å². The smallest absolute Gasteiger partial charge is 0.317 e. The summed E-state index contributed by atoms with van der Waals surface area (Å²) < 4.78 is 7.83. The Kier molecular flexibility index (Phi) is 5.38. The Hall–Kier alpha value is -1.63. The minimum absolute atomic E-state index is 0.00738. The molecule has 0 aromatic carbocycles. The third-order valence-corrected chi connectivity index (χ3v) is 5.74. The molecule has 2 saturated carbocycles. The molecule has 134 valence electrons. The molecule has 2 fully saturated rings. The molecule has 7 nitrogen and oxygen atoms in total. The van der Waals surface area contributed by atoms with E-state index in [0.717, 1.165) is 13.0 Å².